The summed E-state index contributed by atoms with van der Waals surface area (Å²) in [6.45, 7) is 4.95. The maximum Gasteiger partial charge on any atom is 0.325 e. The Hall–Kier alpha value is -3.22. The zero-order chi connectivity index (χ0) is 20.3. The van der Waals surface area contributed by atoms with E-state index in [1.165, 1.54) is 4.90 Å². The second kappa shape index (κ2) is 8.21. The summed E-state index contributed by atoms with van der Waals surface area (Å²) >= 11 is 0. The number of hydrogen-bond donors (Lipinski definition) is 1. The number of benzene rings is 2. The Balaban J connectivity index is 1.67. The van der Waals surface area contributed by atoms with Crippen LogP contribution in [-0.2, 0) is 4.79 Å². The lowest BCUT2D eigenvalue weighted by atomic mass is 10.1. The molecule has 0 aromatic heterocycles. The summed E-state index contributed by atoms with van der Waals surface area (Å²) in [7, 11) is 3.12. The van der Waals surface area contributed by atoms with Gasteiger partial charge in [-0.25, -0.2) is 4.79 Å². The van der Waals surface area contributed by atoms with E-state index in [1.54, 1.807) is 37.3 Å². The van der Waals surface area contributed by atoms with Crippen LogP contribution < -0.4 is 19.7 Å². The molecule has 0 atom stereocenters. The molecule has 0 unspecified atom stereocenters. The highest BCUT2D eigenvalue weighted by molar-refractivity contribution is 5.99. The van der Waals surface area contributed by atoms with Crippen molar-refractivity contribution in [1.29, 1.82) is 0 Å². The van der Waals surface area contributed by atoms with Crippen molar-refractivity contribution in [3.05, 3.63) is 47.5 Å². The van der Waals surface area contributed by atoms with Gasteiger partial charge in [0.2, 0.25) is 5.91 Å². The van der Waals surface area contributed by atoms with Crippen LogP contribution in [0.4, 0.5) is 16.2 Å². The Labute approximate surface area is 164 Å². The van der Waals surface area contributed by atoms with E-state index in [4.69, 9.17) is 9.47 Å². The summed E-state index contributed by atoms with van der Waals surface area (Å²) in [5.41, 5.74) is 3.61. The molecule has 0 saturated carbocycles. The average Bonchev–Trinajstić information content (AvgIpc) is 3.05. The molecular formula is C21H25N3O4. The molecule has 1 saturated heterocycles. The van der Waals surface area contributed by atoms with Crippen molar-refractivity contribution in [3.63, 3.8) is 0 Å². The van der Waals surface area contributed by atoms with Crippen LogP contribution in [0.15, 0.2) is 36.4 Å². The predicted octanol–water partition coefficient (Wildman–Crippen LogP) is 3.20. The molecule has 3 amide bonds. The number of hydrogen-bond acceptors (Lipinski definition) is 4. The van der Waals surface area contributed by atoms with Gasteiger partial charge < -0.3 is 19.7 Å². The van der Waals surface area contributed by atoms with Crippen LogP contribution in [0.1, 0.15) is 11.1 Å². The van der Waals surface area contributed by atoms with Crippen LogP contribution in [0.3, 0.4) is 0 Å². The van der Waals surface area contributed by atoms with Gasteiger partial charge >= 0.3 is 6.03 Å². The van der Waals surface area contributed by atoms with Gasteiger partial charge in [0.05, 0.1) is 14.2 Å². The molecule has 7 nitrogen and oxygen atoms in total. The third-order valence-corrected chi connectivity index (χ3v) is 4.99. The molecule has 7 heteroatoms. The van der Waals surface area contributed by atoms with Gasteiger partial charge in [-0.15, -0.1) is 0 Å². The molecule has 0 aliphatic carbocycles. The highest BCUT2D eigenvalue weighted by atomic mass is 16.5. The Kier molecular flexibility index (Phi) is 5.73. The van der Waals surface area contributed by atoms with Crippen molar-refractivity contribution in [1.82, 2.24) is 4.90 Å². The minimum Gasteiger partial charge on any atom is -0.493 e. The first-order chi connectivity index (χ1) is 13.4. The molecule has 0 radical (unpaired) electrons. The van der Waals surface area contributed by atoms with Gasteiger partial charge in [0.1, 0.15) is 6.54 Å². The first kappa shape index (κ1) is 19.5. The van der Waals surface area contributed by atoms with E-state index in [0.717, 1.165) is 16.8 Å². The molecular weight excluding hydrogens is 358 g/mol. The van der Waals surface area contributed by atoms with Gasteiger partial charge in [-0.2, -0.15) is 0 Å². The second-order valence-corrected chi connectivity index (χ2v) is 6.69. The third-order valence-electron chi connectivity index (χ3n) is 4.99. The van der Waals surface area contributed by atoms with Gasteiger partial charge in [-0.3, -0.25) is 9.69 Å². The van der Waals surface area contributed by atoms with Gasteiger partial charge in [0.25, 0.3) is 0 Å². The second-order valence-electron chi connectivity index (χ2n) is 6.69. The van der Waals surface area contributed by atoms with Gasteiger partial charge in [0.15, 0.2) is 11.5 Å². The first-order valence-corrected chi connectivity index (χ1v) is 9.09. The number of urea groups is 1. The summed E-state index contributed by atoms with van der Waals surface area (Å²) in [5, 5.41) is 2.90. The lowest BCUT2D eigenvalue weighted by Crippen LogP contribution is -2.37. The van der Waals surface area contributed by atoms with Crippen molar-refractivity contribution in [2.75, 3.05) is 44.1 Å². The van der Waals surface area contributed by atoms with Crippen LogP contribution in [0.5, 0.6) is 11.5 Å². The van der Waals surface area contributed by atoms with Gasteiger partial charge in [-0.05, 0) is 43.2 Å². The molecule has 0 bridgehead atoms. The van der Waals surface area contributed by atoms with Crippen molar-refractivity contribution in [2.24, 2.45) is 0 Å². The number of methoxy groups -OCH3 is 2. The summed E-state index contributed by atoms with van der Waals surface area (Å²) in [4.78, 5) is 28.4. The normalized spacial score (nSPS) is 13.6. The topological polar surface area (TPSA) is 71.1 Å². The summed E-state index contributed by atoms with van der Waals surface area (Å²) in [6, 6.07) is 10.9. The molecule has 2 aromatic carbocycles. The molecule has 2 aromatic rings. The number of carbonyl (C=O) groups is 2. The smallest absolute Gasteiger partial charge is 0.325 e. The lowest BCUT2D eigenvalue weighted by molar-refractivity contribution is -0.116. The standard InChI is InChI=1S/C21H25N3O4/c1-14-6-5-7-17(15(14)2)22-20(25)13-23-10-11-24(21(23)26)16-8-9-18(27-3)19(12-16)28-4/h5-9,12H,10-11,13H2,1-4H3,(H,22,25). The highest BCUT2D eigenvalue weighted by Crippen LogP contribution is 2.32. The zero-order valence-corrected chi connectivity index (χ0v) is 16.6. The molecule has 0 spiro atoms. The van der Waals surface area contributed by atoms with Gasteiger partial charge in [-0.1, -0.05) is 12.1 Å². The van der Waals surface area contributed by atoms with E-state index in [9.17, 15) is 9.59 Å². The van der Waals surface area contributed by atoms with Gasteiger partial charge in [0, 0.05) is 30.5 Å². The number of ether oxygens (including phenoxy) is 2. The van der Waals surface area contributed by atoms with Crippen molar-refractivity contribution in [2.45, 2.75) is 13.8 Å². The molecule has 28 heavy (non-hydrogen) atoms. The number of aryl methyl sites for hydroxylation is 1. The zero-order valence-electron chi connectivity index (χ0n) is 16.6. The molecule has 1 N–H and O–H groups in total. The van der Waals surface area contributed by atoms with E-state index in [2.05, 4.69) is 5.32 Å². The third kappa shape index (κ3) is 3.88. The monoisotopic (exact) mass is 383 g/mol. The molecule has 1 aliphatic heterocycles. The van der Waals surface area contributed by atoms with Crippen LogP contribution in [-0.4, -0.2) is 50.7 Å². The molecule has 1 heterocycles. The Bertz CT molecular complexity index is 897. The molecule has 148 valence electrons. The SMILES string of the molecule is COc1ccc(N2CCN(CC(=O)Nc3cccc(C)c3C)C2=O)cc1OC. The number of carbonyl (C=O) groups excluding carboxylic acids is 2. The van der Waals surface area contributed by atoms with Crippen LogP contribution >= 0.6 is 0 Å². The van der Waals surface area contributed by atoms with E-state index in [-0.39, 0.29) is 18.5 Å². The highest BCUT2D eigenvalue weighted by Gasteiger charge is 2.31. The average molecular weight is 383 g/mol. The molecule has 1 aliphatic rings. The first-order valence-electron chi connectivity index (χ1n) is 9.09. The van der Waals surface area contributed by atoms with Crippen LogP contribution in [0, 0.1) is 13.8 Å². The maximum absolute atomic E-state index is 12.8. The number of anilines is 2. The number of rotatable bonds is 6. The minimum atomic E-state index is -0.212. The van der Waals surface area contributed by atoms with E-state index >= 15 is 0 Å². The fourth-order valence-corrected chi connectivity index (χ4v) is 3.21. The Morgan fingerprint density at radius 3 is 2.54 bits per heavy atom. The largest absolute Gasteiger partial charge is 0.493 e. The minimum absolute atomic E-state index is 0.00993. The van der Waals surface area contributed by atoms with Crippen molar-refractivity contribution in [3.8, 4) is 11.5 Å². The lowest BCUT2D eigenvalue weighted by Gasteiger charge is -2.20. The summed E-state index contributed by atoms with van der Waals surface area (Å²) in [6.07, 6.45) is 0. The van der Waals surface area contributed by atoms with E-state index in [0.29, 0.717) is 30.3 Å². The summed E-state index contributed by atoms with van der Waals surface area (Å²) < 4.78 is 10.5. The predicted molar refractivity (Wildman–Crippen MR) is 108 cm³/mol. The van der Waals surface area contributed by atoms with Crippen LogP contribution in [0.2, 0.25) is 0 Å². The molecule has 3 rings (SSSR count). The maximum atomic E-state index is 12.8. The Morgan fingerprint density at radius 1 is 1.07 bits per heavy atom. The fourth-order valence-electron chi connectivity index (χ4n) is 3.21. The molecule has 1 fully saturated rings. The Morgan fingerprint density at radius 2 is 1.82 bits per heavy atom. The van der Waals surface area contributed by atoms with Crippen LogP contribution in [0.25, 0.3) is 0 Å². The number of amides is 3. The van der Waals surface area contributed by atoms with Crippen molar-refractivity contribution < 1.29 is 19.1 Å². The quantitative estimate of drug-likeness (QED) is 0.832. The number of nitrogens with one attached hydrogen (secondary N) is 1. The van der Waals surface area contributed by atoms with E-state index in [1.807, 2.05) is 32.0 Å². The fraction of sp³-hybridized carbons (Fsp3) is 0.333. The summed E-state index contributed by atoms with van der Waals surface area (Å²) in [5.74, 6) is 0.942. The van der Waals surface area contributed by atoms with E-state index < -0.39 is 0 Å². The van der Waals surface area contributed by atoms with Crippen molar-refractivity contribution >= 4 is 23.3 Å². The number of nitrogens with zero attached hydrogens (tertiary/aromatic N) is 2.